The third kappa shape index (κ3) is 6.58. The number of rotatable bonds is 8. The molecule has 0 amide bonds. The van der Waals surface area contributed by atoms with Gasteiger partial charge in [0.2, 0.25) is 0 Å². The van der Waals surface area contributed by atoms with E-state index in [9.17, 15) is 0 Å². The maximum atomic E-state index is 6.49. The first-order chi connectivity index (χ1) is 18.2. The third-order valence-electron chi connectivity index (χ3n) is 8.36. The van der Waals surface area contributed by atoms with E-state index in [1.54, 1.807) is 0 Å². The Morgan fingerprint density at radius 1 is 0.615 bits per heavy atom. The van der Waals surface area contributed by atoms with Gasteiger partial charge in [-0.05, 0) is 57.8 Å². The van der Waals surface area contributed by atoms with E-state index in [4.69, 9.17) is 19.5 Å². The number of hydrogen-bond donors (Lipinski definition) is 0. The van der Waals surface area contributed by atoms with Crippen molar-refractivity contribution < 1.29 is 9.47 Å². The summed E-state index contributed by atoms with van der Waals surface area (Å²) in [5, 5.41) is 0. The van der Waals surface area contributed by atoms with Gasteiger partial charge >= 0.3 is 0 Å². The van der Waals surface area contributed by atoms with Crippen LogP contribution in [0.5, 0.6) is 0 Å². The van der Waals surface area contributed by atoms with E-state index in [1.165, 1.54) is 22.3 Å². The monoisotopic (exact) mass is 530 g/mol. The molecule has 0 unspecified atom stereocenters. The molecule has 0 fully saturated rings. The molecule has 2 atom stereocenters. The van der Waals surface area contributed by atoms with Crippen LogP contribution in [0.3, 0.4) is 0 Å². The van der Waals surface area contributed by atoms with Crippen LogP contribution in [-0.4, -0.2) is 37.1 Å². The smallest absolute Gasteiger partial charge is 0.200 e. The van der Waals surface area contributed by atoms with Crippen LogP contribution in [0.4, 0.5) is 0 Å². The highest BCUT2D eigenvalue weighted by Crippen LogP contribution is 2.39. The van der Waals surface area contributed by atoms with Crippen molar-refractivity contribution in [2.45, 2.75) is 105 Å². The van der Waals surface area contributed by atoms with E-state index in [-0.39, 0.29) is 22.9 Å². The van der Waals surface area contributed by atoms with Crippen molar-refractivity contribution >= 4 is 11.8 Å². The van der Waals surface area contributed by atoms with Crippen molar-refractivity contribution in [1.29, 1.82) is 0 Å². The number of hydrogen-bond acceptors (Lipinski definition) is 4. The molecular formula is C35H50N2O2. The molecule has 2 aromatic carbocycles. The third-order valence-corrected chi connectivity index (χ3v) is 8.36. The number of aliphatic imine (C=N–C) groups is 2. The highest BCUT2D eigenvalue weighted by Gasteiger charge is 2.49. The van der Waals surface area contributed by atoms with Crippen molar-refractivity contribution in [3.05, 3.63) is 70.8 Å². The fourth-order valence-corrected chi connectivity index (χ4v) is 5.38. The Hall–Kier alpha value is -2.62. The van der Waals surface area contributed by atoms with E-state index in [2.05, 4.69) is 118 Å². The molecule has 212 valence electrons. The Bertz CT molecular complexity index is 1080. The summed E-state index contributed by atoms with van der Waals surface area (Å²) in [7, 11) is 0. The highest BCUT2D eigenvalue weighted by atomic mass is 16.5. The Morgan fingerprint density at radius 2 is 0.949 bits per heavy atom. The van der Waals surface area contributed by atoms with E-state index in [1.807, 2.05) is 0 Å². The largest absolute Gasteiger partial charge is 0.478 e. The van der Waals surface area contributed by atoms with E-state index in [0.29, 0.717) is 25.0 Å². The summed E-state index contributed by atoms with van der Waals surface area (Å²) in [6, 6.07) is 18.4. The predicted molar refractivity (Wildman–Crippen MR) is 164 cm³/mol. The number of benzene rings is 2. The first kappa shape index (κ1) is 29.4. The van der Waals surface area contributed by atoms with Crippen molar-refractivity contribution in [2.24, 2.45) is 27.2 Å². The standard InChI is InChI=1S/C35H50N2O2/c1-23(2)29-21-38-31(36-29)35(32-37-30(22-39-32)24(3)4,19-25-11-15-27(16-12-25)33(5,6)7)20-26-13-17-28(18-14-26)34(8,9)10/h11-18,23-24,29-30H,19-22H2,1-10H3/t29-,30+. The lowest BCUT2D eigenvalue weighted by Gasteiger charge is -2.33. The summed E-state index contributed by atoms with van der Waals surface area (Å²) in [4.78, 5) is 10.4. The maximum absolute atomic E-state index is 6.49. The van der Waals surface area contributed by atoms with Gasteiger partial charge in [-0.15, -0.1) is 0 Å². The van der Waals surface area contributed by atoms with Crippen LogP contribution in [0.25, 0.3) is 0 Å². The molecule has 0 N–H and O–H groups in total. The predicted octanol–water partition coefficient (Wildman–Crippen LogP) is 7.96. The summed E-state index contributed by atoms with van der Waals surface area (Å²) < 4.78 is 13.0. The lowest BCUT2D eigenvalue weighted by Crippen LogP contribution is -2.44. The summed E-state index contributed by atoms with van der Waals surface area (Å²) in [5.41, 5.74) is 4.77. The zero-order valence-corrected chi connectivity index (χ0v) is 26.0. The molecular weight excluding hydrogens is 480 g/mol. The molecule has 0 aromatic heterocycles. The molecule has 4 heteroatoms. The second kappa shape index (κ2) is 11.1. The minimum atomic E-state index is -0.597. The van der Waals surface area contributed by atoms with Crippen molar-refractivity contribution in [2.75, 3.05) is 13.2 Å². The number of nitrogens with zero attached hydrogens (tertiary/aromatic N) is 2. The van der Waals surface area contributed by atoms with Gasteiger partial charge in [-0.25, -0.2) is 9.98 Å². The molecule has 4 rings (SSSR count). The van der Waals surface area contributed by atoms with Gasteiger partial charge in [-0.1, -0.05) is 118 Å². The molecule has 2 aliphatic heterocycles. The average Bonchev–Trinajstić information content (AvgIpc) is 3.54. The molecule has 0 spiro atoms. The fraction of sp³-hybridized carbons (Fsp3) is 0.600. The topological polar surface area (TPSA) is 43.2 Å². The minimum absolute atomic E-state index is 0.108. The van der Waals surface area contributed by atoms with Crippen molar-refractivity contribution in [1.82, 2.24) is 0 Å². The highest BCUT2D eigenvalue weighted by molar-refractivity contribution is 6.07. The molecule has 39 heavy (non-hydrogen) atoms. The van der Waals surface area contributed by atoms with Crippen LogP contribution in [0, 0.1) is 17.3 Å². The average molecular weight is 531 g/mol. The molecule has 0 bridgehead atoms. The summed E-state index contributed by atoms with van der Waals surface area (Å²) >= 11 is 0. The molecule has 4 nitrogen and oxygen atoms in total. The normalized spacial score (nSPS) is 20.2. The molecule has 0 saturated carbocycles. The Morgan fingerprint density at radius 3 is 1.21 bits per heavy atom. The van der Waals surface area contributed by atoms with Gasteiger partial charge in [0.15, 0.2) is 11.8 Å². The zero-order chi connectivity index (χ0) is 28.6. The Kier molecular flexibility index (Phi) is 8.36. The van der Waals surface area contributed by atoms with Gasteiger partial charge < -0.3 is 9.47 Å². The number of ether oxygens (including phenoxy) is 2. The van der Waals surface area contributed by atoms with E-state index in [0.717, 1.165) is 24.6 Å². The molecule has 0 aliphatic carbocycles. The van der Waals surface area contributed by atoms with Gasteiger partial charge in [0.1, 0.15) is 18.6 Å². The van der Waals surface area contributed by atoms with E-state index >= 15 is 0 Å². The van der Waals surface area contributed by atoms with Crippen LogP contribution < -0.4 is 0 Å². The second-order valence-corrected chi connectivity index (χ2v) is 14.4. The summed E-state index contributed by atoms with van der Waals surface area (Å²) in [6.45, 7) is 23.6. The van der Waals surface area contributed by atoms with Gasteiger partial charge in [-0.3, -0.25) is 0 Å². The van der Waals surface area contributed by atoms with Crippen molar-refractivity contribution in [3.63, 3.8) is 0 Å². The van der Waals surface area contributed by atoms with Crippen LogP contribution in [0.1, 0.15) is 91.5 Å². The van der Waals surface area contributed by atoms with Gasteiger partial charge in [0.05, 0.1) is 12.1 Å². The first-order valence-corrected chi connectivity index (χ1v) is 14.8. The van der Waals surface area contributed by atoms with Crippen LogP contribution in [-0.2, 0) is 33.1 Å². The summed E-state index contributed by atoms with van der Waals surface area (Å²) in [6.07, 6.45) is 1.46. The molecule has 2 heterocycles. The molecule has 2 aliphatic rings. The second-order valence-electron chi connectivity index (χ2n) is 14.4. The molecule has 2 aromatic rings. The van der Waals surface area contributed by atoms with Crippen molar-refractivity contribution in [3.8, 4) is 0 Å². The lowest BCUT2D eigenvalue weighted by molar-refractivity contribution is 0.237. The Labute approximate surface area is 237 Å². The van der Waals surface area contributed by atoms with Gasteiger partial charge in [0.25, 0.3) is 0 Å². The molecule has 0 radical (unpaired) electrons. The SMILES string of the molecule is CC(C)[C@@H]1COC(C(Cc2ccc(C(C)(C)C)cc2)(Cc2ccc(C(C)(C)C)cc2)C2=N[C@@H](C(C)C)CO2)=N1. The van der Waals surface area contributed by atoms with Gasteiger partial charge in [0, 0.05) is 0 Å². The lowest BCUT2D eigenvalue weighted by atomic mass is 9.74. The maximum Gasteiger partial charge on any atom is 0.200 e. The fourth-order valence-electron chi connectivity index (χ4n) is 5.38. The first-order valence-electron chi connectivity index (χ1n) is 14.8. The minimum Gasteiger partial charge on any atom is -0.478 e. The van der Waals surface area contributed by atoms with Crippen LogP contribution in [0.2, 0.25) is 0 Å². The Balaban J connectivity index is 1.83. The summed E-state index contributed by atoms with van der Waals surface area (Å²) in [5.74, 6) is 2.38. The van der Waals surface area contributed by atoms with Crippen LogP contribution in [0.15, 0.2) is 58.5 Å². The van der Waals surface area contributed by atoms with E-state index < -0.39 is 5.41 Å². The quantitative estimate of drug-likeness (QED) is 0.347. The zero-order valence-electron chi connectivity index (χ0n) is 26.0. The van der Waals surface area contributed by atoms with Crippen LogP contribution >= 0.6 is 0 Å². The van der Waals surface area contributed by atoms with Gasteiger partial charge in [-0.2, -0.15) is 0 Å². The molecule has 0 saturated heterocycles.